The normalized spacial score (nSPS) is 18.0. The number of pyridine rings is 1. The van der Waals surface area contributed by atoms with E-state index in [1.165, 1.54) is 17.9 Å². The van der Waals surface area contributed by atoms with Gasteiger partial charge in [0, 0.05) is 20.4 Å². The average molecular weight is 666 g/mol. The predicted octanol–water partition coefficient (Wildman–Crippen LogP) is 8.56. The number of halogens is 8. The zero-order valence-corrected chi connectivity index (χ0v) is 22.8. The Hall–Kier alpha value is -2.90. The number of benzene rings is 2. The number of cyclic esters (lactones) is 1. The second-order valence-electron chi connectivity index (χ2n) is 9.18. The van der Waals surface area contributed by atoms with E-state index in [4.69, 9.17) is 4.74 Å². The minimum Gasteiger partial charge on any atom is -0.439 e. The third kappa shape index (κ3) is 6.30. The average Bonchev–Trinajstić information content (AvgIpc) is 3.13. The molecular weight excluding hydrogens is 644 g/mol. The Labute approximate surface area is 233 Å². The third-order valence-electron chi connectivity index (χ3n) is 6.41. The van der Waals surface area contributed by atoms with Crippen LogP contribution < -0.4 is 0 Å². The summed E-state index contributed by atoms with van der Waals surface area (Å²) in [6, 6.07) is 8.12. The first-order chi connectivity index (χ1) is 18.2. The van der Waals surface area contributed by atoms with E-state index in [2.05, 4.69) is 4.98 Å². The molecule has 0 bridgehead atoms. The summed E-state index contributed by atoms with van der Waals surface area (Å²) in [6.07, 6.45) is -11.1. The monoisotopic (exact) mass is 666 g/mol. The molecule has 0 aliphatic carbocycles. The van der Waals surface area contributed by atoms with Gasteiger partial charge in [-0.2, -0.15) is 26.3 Å². The highest BCUT2D eigenvalue weighted by Gasteiger charge is 2.43. The molecule has 0 saturated carbocycles. The van der Waals surface area contributed by atoms with E-state index in [0.717, 1.165) is 9.99 Å². The first-order valence-corrected chi connectivity index (χ1v) is 13.0. The fourth-order valence-corrected chi connectivity index (χ4v) is 4.97. The first-order valence-electron chi connectivity index (χ1n) is 11.9. The number of aryl methyl sites for hydroxylation is 1. The van der Waals surface area contributed by atoms with E-state index < -0.39 is 53.1 Å². The number of alkyl halides is 6. The number of hydrogen-bond donors (Lipinski definition) is 0. The first kappa shape index (κ1) is 29.1. The highest BCUT2D eigenvalue weighted by atomic mass is 127. The standard InChI is InChI=1S/C27H22F7IN2O2/c1-3-4-19-6-7-20(21-12-18(35)5-8-22(21)28)23(36-19)13-37-14(2)24(39-25(37)38)15-9-16(26(29,30)31)11-17(10-15)27(32,33)34/h5-12,14,24H,3-4,13H2,1-2H3/t14-,24-/m0/s1. The zero-order valence-electron chi connectivity index (χ0n) is 20.6. The topological polar surface area (TPSA) is 42.4 Å². The van der Waals surface area contributed by atoms with Gasteiger partial charge in [0.15, 0.2) is 0 Å². The Balaban J connectivity index is 1.73. The highest BCUT2D eigenvalue weighted by molar-refractivity contribution is 14.1. The van der Waals surface area contributed by atoms with E-state index in [1.54, 1.807) is 24.3 Å². The molecule has 208 valence electrons. The van der Waals surface area contributed by atoms with Gasteiger partial charge < -0.3 is 4.74 Å². The lowest BCUT2D eigenvalue weighted by Crippen LogP contribution is -2.32. The van der Waals surface area contributed by atoms with Crippen molar-refractivity contribution in [2.45, 2.75) is 57.7 Å². The molecule has 1 amide bonds. The number of rotatable bonds is 6. The Bertz CT molecular complexity index is 1360. The minimum absolute atomic E-state index is 0.0217. The van der Waals surface area contributed by atoms with Gasteiger partial charge in [-0.3, -0.25) is 9.88 Å². The molecule has 1 aromatic heterocycles. The lowest BCUT2D eigenvalue weighted by atomic mass is 9.97. The van der Waals surface area contributed by atoms with Gasteiger partial charge in [0.1, 0.15) is 11.9 Å². The van der Waals surface area contributed by atoms with Crippen LogP contribution >= 0.6 is 22.6 Å². The fraction of sp³-hybridized carbons (Fsp3) is 0.333. The van der Waals surface area contributed by atoms with Crippen LogP contribution in [-0.2, 0) is 30.1 Å². The molecule has 3 aromatic rings. The summed E-state index contributed by atoms with van der Waals surface area (Å²) >= 11 is 2.03. The molecule has 1 aliphatic heterocycles. The van der Waals surface area contributed by atoms with E-state index in [-0.39, 0.29) is 18.2 Å². The van der Waals surface area contributed by atoms with Gasteiger partial charge in [-0.05, 0) is 84.0 Å². The van der Waals surface area contributed by atoms with Crippen molar-refractivity contribution in [3.8, 4) is 11.1 Å². The quantitative estimate of drug-likeness (QED) is 0.196. The van der Waals surface area contributed by atoms with Crippen LogP contribution in [0.15, 0.2) is 48.5 Å². The molecule has 1 aliphatic rings. The van der Waals surface area contributed by atoms with Crippen LogP contribution in [0.2, 0.25) is 0 Å². The SMILES string of the molecule is CCCc1ccc(-c2cc(I)ccc2F)c(CN2C(=O)O[C@H](c3cc(C(F)(F)F)cc(C(F)(F)F)c3)[C@@H]2C)n1. The molecule has 4 nitrogen and oxygen atoms in total. The molecule has 4 rings (SSSR count). The molecular formula is C27H22F7IN2O2. The summed E-state index contributed by atoms with van der Waals surface area (Å²) in [6.45, 7) is 3.22. The lowest BCUT2D eigenvalue weighted by molar-refractivity contribution is -0.143. The van der Waals surface area contributed by atoms with Gasteiger partial charge in [0.05, 0.1) is 29.4 Å². The number of nitrogens with zero attached hydrogens (tertiary/aromatic N) is 2. The molecule has 12 heteroatoms. The molecule has 39 heavy (non-hydrogen) atoms. The lowest BCUT2D eigenvalue weighted by Gasteiger charge is -2.23. The van der Waals surface area contributed by atoms with Crippen molar-refractivity contribution in [2.75, 3.05) is 0 Å². The zero-order chi connectivity index (χ0) is 28.7. The van der Waals surface area contributed by atoms with Gasteiger partial charge in [-0.1, -0.05) is 19.4 Å². The molecule has 0 spiro atoms. The highest BCUT2D eigenvalue weighted by Crippen LogP contribution is 2.41. The Morgan fingerprint density at radius 2 is 1.59 bits per heavy atom. The maximum Gasteiger partial charge on any atom is 0.416 e. The molecule has 0 N–H and O–H groups in total. The van der Waals surface area contributed by atoms with E-state index in [0.29, 0.717) is 35.5 Å². The Morgan fingerprint density at radius 1 is 0.949 bits per heavy atom. The predicted molar refractivity (Wildman–Crippen MR) is 137 cm³/mol. The number of aromatic nitrogens is 1. The second kappa shape index (κ2) is 10.9. The number of amides is 1. The molecule has 2 aromatic carbocycles. The van der Waals surface area contributed by atoms with Crippen molar-refractivity contribution in [2.24, 2.45) is 0 Å². The van der Waals surface area contributed by atoms with E-state index >= 15 is 0 Å². The van der Waals surface area contributed by atoms with Crippen LogP contribution in [-0.4, -0.2) is 22.0 Å². The van der Waals surface area contributed by atoms with Crippen LogP contribution in [0, 0.1) is 9.39 Å². The molecule has 1 fully saturated rings. The van der Waals surface area contributed by atoms with Gasteiger partial charge >= 0.3 is 18.4 Å². The van der Waals surface area contributed by atoms with Crippen LogP contribution in [0.4, 0.5) is 35.5 Å². The molecule has 0 unspecified atom stereocenters. The van der Waals surface area contributed by atoms with Gasteiger partial charge in [-0.15, -0.1) is 0 Å². The van der Waals surface area contributed by atoms with Crippen molar-refractivity contribution in [3.63, 3.8) is 0 Å². The minimum atomic E-state index is -5.04. The Kier molecular flexibility index (Phi) is 8.16. The summed E-state index contributed by atoms with van der Waals surface area (Å²) in [5, 5.41) is 0. The van der Waals surface area contributed by atoms with Crippen molar-refractivity contribution < 1.29 is 40.3 Å². The van der Waals surface area contributed by atoms with Crippen molar-refractivity contribution in [3.05, 3.63) is 86.0 Å². The largest absolute Gasteiger partial charge is 0.439 e. The number of ether oxygens (including phenoxy) is 1. The maximum absolute atomic E-state index is 14.8. The summed E-state index contributed by atoms with van der Waals surface area (Å²) in [5.41, 5.74) is -1.77. The molecule has 0 radical (unpaired) electrons. The van der Waals surface area contributed by atoms with Crippen LogP contribution in [0.1, 0.15) is 54.5 Å². The number of hydrogen-bond acceptors (Lipinski definition) is 3. The molecule has 1 saturated heterocycles. The van der Waals surface area contributed by atoms with Crippen LogP contribution in [0.3, 0.4) is 0 Å². The summed E-state index contributed by atoms with van der Waals surface area (Å²) in [4.78, 5) is 18.7. The van der Waals surface area contributed by atoms with Crippen molar-refractivity contribution in [1.82, 2.24) is 9.88 Å². The van der Waals surface area contributed by atoms with Crippen LogP contribution in [0.25, 0.3) is 11.1 Å². The molecule has 2 heterocycles. The maximum atomic E-state index is 14.8. The summed E-state index contributed by atoms with van der Waals surface area (Å²) < 4.78 is 101. The molecule has 2 atom stereocenters. The van der Waals surface area contributed by atoms with Crippen molar-refractivity contribution in [1.29, 1.82) is 0 Å². The van der Waals surface area contributed by atoms with Crippen LogP contribution in [0.5, 0.6) is 0 Å². The fourth-order valence-electron chi connectivity index (χ4n) is 4.48. The summed E-state index contributed by atoms with van der Waals surface area (Å²) in [7, 11) is 0. The number of carbonyl (C=O) groups excluding carboxylic acids is 1. The van der Waals surface area contributed by atoms with Gasteiger partial charge in [0.2, 0.25) is 0 Å². The third-order valence-corrected chi connectivity index (χ3v) is 7.08. The van der Waals surface area contributed by atoms with Gasteiger partial charge in [0.25, 0.3) is 0 Å². The Morgan fingerprint density at radius 3 is 2.18 bits per heavy atom. The van der Waals surface area contributed by atoms with Gasteiger partial charge in [-0.25, -0.2) is 9.18 Å². The van der Waals surface area contributed by atoms with E-state index in [9.17, 15) is 35.5 Å². The van der Waals surface area contributed by atoms with Crippen molar-refractivity contribution >= 4 is 28.7 Å². The summed E-state index contributed by atoms with van der Waals surface area (Å²) in [5.74, 6) is -0.514. The smallest absolute Gasteiger partial charge is 0.416 e. The number of carbonyl (C=O) groups is 1. The van der Waals surface area contributed by atoms with E-state index in [1.807, 2.05) is 29.5 Å². The second-order valence-corrected chi connectivity index (χ2v) is 10.4.